The van der Waals surface area contributed by atoms with E-state index in [0.29, 0.717) is 11.4 Å². The zero-order valence-corrected chi connectivity index (χ0v) is 13.1. The lowest BCUT2D eigenvalue weighted by Crippen LogP contribution is -2.45. The Bertz CT molecular complexity index is 503. The van der Waals surface area contributed by atoms with Crippen molar-refractivity contribution in [3.63, 3.8) is 0 Å². The van der Waals surface area contributed by atoms with Crippen LogP contribution in [-0.2, 0) is 0 Å². The number of nitrogens with one attached hydrogen (secondary N) is 1. The number of amides is 1. The Morgan fingerprint density at radius 2 is 2.10 bits per heavy atom. The molecule has 0 aliphatic rings. The van der Waals surface area contributed by atoms with Gasteiger partial charge in [-0.25, -0.2) is 0 Å². The van der Waals surface area contributed by atoms with Crippen molar-refractivity contribution in [1.29, 1.82) is 0 Å². The maximum atomic E-state index is 11.9. The SMILES string of the molecule is CSc1ccc(C(=O)NCC(C)(C)N)cc1[N+](=O)[O-].Cl. The Balaban J connectivity index is 0.00000361. The van der Waals surface area contributed by atoms with Gasteiger partial charge in [0.2, 0.25) is 0 Å². The number of halogens is 1. The zero-order chi connectivity index (χ0) is 14.6. The number of carbonyl (C=O) groups is 1. The first-order chi connectivity index (χ1) is 8.74. The molecule has 0 saturated heterocycles. The smallest absolute Gasteiger partial charge is 0.283 e. The second-order valence-electron chi connectivity index (χ2n) is 4.81. The molecule has 0 fully saturated rings. The van der Waals surface area contributed by atoms with E-state index in [1.807, 2.05) is 0 Å². The molecule has 3 N–H and O–H groups in total. The fourth-order valence-electron chi connectivity index (χ4n) is 1.38. The average molecular weight is 320 g/mol. The standard InChI is InChI=1S/C12H17N3O3S.ClH/c1-12(2,13)7-14-11(16)8-4-5-10(19-3)9(6-8)15(17)18;/h4-6H,7,13H2,1-3H3,(H,14,16);1H. The van der Waals surface area contributed by atoms with Crippen molar-refractivity contribution in [2.24, 2.45) is 5.73 Å². The van der Waals surface area contributed by atoms with E-state index in [1.54, 1.807) is 32.2 Å². The summed E-state index contributed by atoms with van der Waals surface area (Å²) in [6.45, 7) is 3.86. The highest BCUT2D eigenvalue weighted by Gasteiger charge is 2.18. The molecule has 20 heavy (non-hydrogen) atoms. The molecule has 1 aromatic rings. The van der Waals surface area contributed by atoms with Gasteiger partial charge in [0.1, 0.15) is 0 Å². The molecule has 0 aromatic heterocycles. The number of carbonyl (C=O) groups excluding carboxylic acids is 1. The molecular formula is C12H18ClN3O3S. The lowest BCUT2D eigenvalue weighted by atomic mass is 10.1. The van der Waals surface area contributed by atoms with E-state index in [4.69, 9.17) is 5.73 Å². The van der Waals surface area contributed by atoms with Crippen molar-refractivity contribution in [3.05, 3.63) is 33.9 Å². The van der Waals surface area contributed by atoms with E-state index in [1.165, 1.54) is 17.8 Å². The highest BCUT2D eigenvalue weighted by atomic mass is 35.5. The van der Waals surface area contributed by atoms with Gasteiger partial charge in [0.25, 0.3) is 11.6 Å². The number of nitrogens with zero attached hydrogens (tertiary/aromatic N) is 1. The molecular weight excluding hydrogens is 302 g/mol. The summed E-state index contributed by atoms with van der Waals surface area (Å²) in [4.78, 5) is 22.8. The second kappa shape index (κ2) is 7.47. The van der Waals surface area contributed by atoms with E-state index in [0.717, 1.165) is 0 Å². The van der Waals surface area contributed by atoms with Crippen LogP contribution in [0.15, 0.2) is 23.1 Å². The van der Waals surface area contributed by atoms with Crippen molar-refractivity contribution in [3.8, 4) is 0 Å². The van der Waals surface area contributed by atoms with Crippen LogP contribution in [0.5, 0.6) is 0 Å². The summed E-state index contributed by atoms with van der Waals surface area (Å²) in [5.74, 6) is -0.366. The maximum absolute atomic E-state index is 11.9. The molecule has 0 heterocycles. The highest BCUT2D eigenvalue weighted by Crippen LogP contribution is 2.28. The van der Waals surface area contributed by atoms with Gasteiger partial charge in [-0.1, -0.05) is 0 Å². The molecule has 0 bridgehead atoms. The normalized spacial score (nSPS) is 10.6. The molecule has 0 atom stereocenters. The Labute approximate surface area is 128 Å². The molecule has 0 spiro atoms. The molecule has 0 aliphatic heterocycles. The summed E-state index contributed by atoms with van der Waals surface area (Å²) in [7, 11) is 0. The summed E-state index contributed by atoms with van der Waals surface area (Å²) in [6, 6.07) is 4.42. The maximum Gasteiger partial charge on any atom is 0.283 e. The predicted octanol–water partition coefficient (Wildman–Crippen LogP) is 2.21. The van der Waals surface area contributed by atoms with Gasteiger partial charge in [-0.3, -0.25) is 14.9 Å². The first-order valence-electron chi connectivity index (χ1n) is 5.64. The van der Waals surface area contributed by atoms with Crippen LogP contribution in [-0.4, -0.2) is 29.2 Å². The Morgan fingerprint density at radius 1 is 1.50 bits per heavy atom. The van der Waals surface area contributed by atoms with E-state index in [-0.39, 0.29) is 29.6 Å². The average Bonchev–Trinajstić information content (AvgIpc) is 2.34. The number of benzene rings is 1. The minimum Gasteiger partial charge on any atom is -0.350 e. The quantitative estimate of drug-likeness (QED) is 0.492. The largest absolute Gasteiger partial charge is 0.350 e. The third-order valence-corrected chi connectivity index (χ3v) is 3.13. The van der Waals surface area contributed by atoms with Crippen molar-refractivity contribution < 1.29 is 9.72 Å². The number of rotatable bonds is 5. The Hall–Kier alpha value is -1.31. The minimum atomic E-state index is -0.527. The fourth-order valence-corrected chi connectivity index (χ4v) is 1.93. The molecule has 1 rings (SSSR count). The molecule has 112 valence electrons. The van der Waals surface area contributed by atoms with Crippen LogP contribution < -0.4 is 11.1 Å². The molecule has 1 amide bonds. The third kappa shape index (κ3) is 5.36. The predicted molar refractivity (Wildman–Crippen MR) is 82.7 cm³/mol. The van der Waals surface area contributed by atoms with Crippen molar-refractivity contribution in [2.45, 2.75) is 24.3 Å². The van der Waals surface area contributed by atoms with Crippen molar-refractivity contribution >= 4 is 35.8 Å². The summed E-state index contributed by atoms with van der Waals surface area (Å²) < 4.78 is 0. The lowest BCUT2D eigenvalue weighted by Gasteiger charge is -2.18. The van der Waals surface area contributed by atoms with Gasteiger partial charge < -0.3 is 11.1 Å². The Morgan fingerprint density at radius 3 is 2.55 bits per heavy atom. The van der Waals surface area contributed by atoms with E-state index >= 15 is 0 Å². The summed E-state index contributed by atoms with van der Waals surface area (Å²) in [5, 5.41) is 13.6. The Kier molecular flexibility index (Phi) is 6.98. The summed E-state index contributed by atoms with van der Waals surface area (Å²) in [5.41, 5.74) is 5.43. The molecule has 6 nitrogen and oxygen atoms in total. The number of nitro groups is 1. The van der Waals surface area contributed by atoms with E-state index in [9.17, 15) is 14.9 Å². The number of nitrogens with two attached hydrogens (primary N) is 1. The number of thioether (sulfide) groups is 1. The van der Waals surface area contributed by atoms with Gasteiger partial charge in [-0.2, -0.15) is 0 Å². The molecule has 0 unspecified atom stereocenters. The number of hydrogen-bond acceptors (Lipinski definition) is 5. The van der Waals surface area contributed by atoms with Gasteiger partial charge >= 0.3 is 0 Å². The topological polar surface area (TPSA) is 98.3 Å². The highest BCUT2D eigenvalue weighted by molar-refractivity contribution is 7.98. The van der Waals surface area contributed by atoms with Crippen LogP contribution in [0.25, 0.3) is 0 Å². The molecule has 0 aliphatic carbocycles. The van der Waals surface area contributed by atoms with Crippen LogP contribution in [0.4, 0.5) is 5.69 Å². The van der Waals surface area contributed by atoms with Crippen LogP contribution in [0.3, 0.4) is 0 Å². The van der Waals surface area contributed by atoms with Crippen molar-refractivity contribution in [2.75, 3.05) is 12.8 Å². The van der Waals surface area contributed by atoms with Crippen molar-refractivity contribution in [1.82, 2.24) is 5.32 Å². The van der Waals surface area contributed by atoms with Gasteiger partial charge in [0.15, 0.2) is 0 Å². The first kappa shape index (κ1) is 18.7. The second-order valence-corrected chi connectivity index (χ2v) is 5.66. The first-order valence-corrected chi connectivity index (χ1v) is 6.86. The molecule has 0 saturated carbocycles. The van der Waals surface area contributed by atoms with Crippen LogP contribution in [0.2, 0.25) is 0 Å². The van der Waals surface area contributed by atoms with Gasteiger partial charge in [-0.15, -0.1) is 24.2 Å². The number of hydrogen-bond donors (Lipinski definition) is 2. The van der Waals surface area contributed by atoms with Gasteiger partial charge in [0, 0.05) is 23.7 Å². The lowest BCUT2D eigenvalue weighted by molar-refractivity contribution is -0.387. The molecule has 1 aromatic carbocycles. The van der Waals surface area contributed by atoms with Crippen LogP contribution in [0.1, 0.15) is 24.2 Å². The summed E-state index contributed by atoms with van der Waals surface area (Å²) >= 11 is 1.27. The molecule has 8 heteroatoms. The van der Waals surface area contributed by atoms with Crippen LogP contribution in [0, 0.1) is 10.1 Å². The minimum absolute atomic E-state index is 0. The van der Waals surface area contributed by atoms with E-state index in [2.05, 4.69) is 5.32 Å². The van der Waals surface area contributed by atoms with Gasteiger partial charge in [0.05, 0.1) is 9.82 Å². The van der Waals surface area contributed by atoms with Gasteiger partial charge in [-0.05, 0) is 32.2 Å². The fraction of sp³-hybridized carbons (Fsp3) is 0.417. The monoisotopic (exact) mass is 319 g/mol. The molecule has 0 radical (unpaired) electrons. The van der Waals surface area contributed by atoms with Crippen LogP contribution >= 0.6 is 24.2 Å². The summed E-state index contributed by atoms with van der Waals surface area (Å²) in [6.07, 6.45) is 1.75. The zero-order valence-electron chi connectivity index (χ0n) is 11.5. The van der Waals surface area contributed by atoms with E-state index < -0.39 is 10.5 Å². The third-order valence-electron chi connectivity index (χ3n) is 2.34. The number of nitro benzene ring substituents is 1.